The SMILES string of the molecule is CC(C)COC(C)OCC(=O)CCCCCCC(=O)Nc1ccc(CN[C@H](C(=O)OC2CCCC2)C2CCCCC2)cc1. The van der Waals surface area contributed by atoms with E-state index in [9.17, 15) is 14.4 Å². The fourth-order valence-corrected chi connectivity index (χ4v) is 5.93. The van der Waals surface area contributed by atoms with Crippen LogP contribution in [0.25, 0.3) is 0 Å². The fourth-order valence-electron chi connectivity index (χ4n) is 5.93. The summed E-state index contributed by atoms with van der Waals surface area (Å²) in [6.45, 7) is 7.26. The summed E-state index contributed by atoms with van der Waals surface area (Å²) in [5.41, 5.74) is 1.85. The Morgan fingerprint density at radius 2 is 1.47 bits per heavy atom. The van der Waals surface area contributed by atoms with Gasteiger partial charge in [0.2, 0.25) is 5.91 Å². The predicted octanol–water partition coefficient (Wildman–Crippen LogP) is 7.09. The Hall–Kier alpha value is -2.29. The molecule has 2 saturated carbocycles. The van der Waals surface area contributed by atoms with Gasteiger partial charge in [0.25, 0.3) is 0 Å². The van der Waals surface area contributed by atoms with Crippen LogP contribution in [0.5, 0.6) is 0 Å². The van der Waals surface area contributed by atoms with Crippen LogP contribution in [-0.4, -0.2) is 49.3 Å². The molecule has 0 radical (unpaired) electrons. The molecule has 1 aromatic carbocycles. The number of Topliss-reactive ketones (excluding diaryl/α,β-unsaturated/α-hetero) is 1. The van der Waals surface area contributed by atoms with Crippen molar-refractivity contribution in [3.05, 3.63) is 29.8 Å². The van der Waals surface area contributed by atoms with Crippen LogP contribution in [0.1, 0.15) is 123 Å². The van der Waals surface area contributed by atoms with Crippen molar-refractivity contribution in [2.45, 2.75) is 142 Å². The fraction of sp³-hybridized carbons (Fsp3) is 0.743. The number of anilines is 1. The van der Waals surface area contributed by atoms with Crippen molar-refractivity contribution >= 4 is 23.3 Å². The molecule has 8 nitrogen and oxygen atoms in total. The predicted molar refractivity (Wildman–Crippen MR) is 170 cm³/mol. The maximum absolute atomic E-state index is 13.1. The summed E-state index contributed by atoms with van der Waals surface area (Å²) in [7, 11) is 0. The van der Waals surface area contributed by atoms with Crippen molar-refractivity contribution in [3.8, 4) is 0 Å². The average molecular weight is 601 g/mol. The van der Waals surface area contributed by atoms with E-state index in [1.807, 2.05) is 31.2 Å². The van der Waals surface area contributed by atoms with Gasteiger partial charge in [0.1, 0.15) is 18.8 Å². The molecule has 2 aliphatic carbocycles. The summed E-state index contributed by atoms with van der Waals surface area (Å²) in [4.78, 5) is 37.6. The summed E-state index contributed by atoms with van der Waals surface area (Å²) in [6, 6.07) is 7.58. The minimum absolute atomic E-state index is 0.00208. The zero-order valence-electron chi connectivity index (χ0n) is 26.9. The second kappa shape index (κ2) is 19.9. The van der Waals surface area contributed by atoms with Gasteiger partial charge in [0.05, 0.1) is 6.61 Å². The van der Waals surface area contributed by atoms with Crippen LogP contribution < -0.4 is 10.6 Å². The third kappa shape index (κ3) is 14.4. The van der Waals surface area contributed by atoms with Crippen molar-refractivity contribution in [2.24, 2.45) is 11.8 Å². The third-order valence-corrected chi connectivity index (χ3v) is 8.48. The number of esters is 1. The highest BCUT2D eigenvalue weighted by Gasteiger charge is 2.32. The zero-order chi connectivity index (χ0) is 30.9. The van der Waals surface area contributed by atoms with Crippen molar-refractivity contribution in [2.75, 3.05) is 18.5 Å². The number of ether oxygens (including phenoxy) is 3. The van der Waals surface area contributed by atoms with E-state index in [0.29, 0.717) is 37.8 Å². The molecular formula is C35H56N2O6. The molecule has 2 fully saturated rings. The first-order chi connectivity index (χ1) is 20.8. The molecule has 2 aliphatic rings. The molecule has 0 saturated heterocycles. The molecule has 2 N–H and O–H groups in total. The van der Waals surface area contributed by atoms with E-state index < -0.39 is 0 Å². The van der Waals surface area contributed by atoms with E-state index in [1.54, 1.807) is 0 Å². The van der Waals surface area contributed by atoms with Crippen LogP contribution in [0, 0.1) is 11.8 Å². The first-order valence-corrected chi connectivity index (χ1v) is 16.9. The van der Waals surface area contributed by atoms with Gasteiger partial charge in [-0.05, 0) is 87.8 Å². The van der Waals surface area contributed by atoms with Crippen LogP contribution in [0.4, 0.5) is 5.69 Å². The number of nitrogens with one attached hydrogen (secondary N) is 2. The lowest BCUT2D eigenvalue weighted by molar-refractivity contribution is -0.153. The number of hydrogen-bond acceptors (Lipinski definition) is 7. The lowest BCUT2D eigenvalue weighted by Crippen LogP contribution is -2.45. The number of ketones is 1. The summed E-state index contributed by atoms with van der Waals surface area (Å²) in [6.07, 6.45) is 14.1. The van der Waals surface area contributed by atoms with Gasteiger partial charge < -0.3 is 24.8 Å². The molecule has 2 atom stereocenters. The summed E-state index contributed by atoms with van der Waals surface area (Å²) < 4.78 is 16.9. The average Bonchev–Trinajstić information content (AvgIpc) is 3.51. The van der Waals surface area contributed by atoms with Crippen LogP contribution in [0.3, 0.4) is 0 Å². The molecule has 0 heterocycles. The standard InChI is InChI=1S/C35H56N2O6/c1-26(2)24-41-27(3)42-25-31(38)15-9-4-5-10-18-33(39)37-30-21-19-28(20-22-30)23-36-34(29-13-7-6-8-14-29)35(40)43-32-16-11-12-17-32/h19-22,26-27,29,32,34,36H,4-18,23-25H2,1-3H3,(H,37,39)/t27?,34-/m0/s1. The lowest BCUT2D eigenvalue weighted by atomic mass is 9.83. The minimum Gasteiger partial charge on any atom is -0.461 e. The van der Waals surface area contributed by atoms with E-state index in [0.717, 1.165) is 75.5 Å². The van der Waals surface area contributed by atoms with Gasteiger partial charge >= 0.3 is 5.97 Å². The van der Waals surface area contributed by atoms with Crippen molar-refractivity contribution in [3.63, 3.8) is 0 Å². The molecule has 1 unspecified atom stereocenters. The third-order valence-electron chi connectivity index (χ3n) is 8.48. The maximum atomic E-state index is 13.1. The van der Waals surface area contributed by atoms with Crippen molar-refractivity contribution in [1.29, 1.82) is 0 Å². The van der Waals surface area contributed by atoms with Gasteiger partial charge in [-0.15, -0.1) is 0 Å². The number of carbonyl (C=O) groups excluding carboxylic acids is 3. The number of amides is 1. The van der Waals surface area contributed by atoms with E-state index in [-0.39, 0.29) is 42.7 Å². The van der Waals surface area contributed by atoms with E-state index >= 15 is 0 Å². The first-order valence-electron chi connectivity index (χ1n) is 16.9. The molecule has 1 aromatic rings. The highest BCUT2D eigenvalue weighted by atomic mass is 16.7. The molecule has 242 valence electrons. The second-order valence-corrected chi connectivity index (χ2v) is 12.9. The van der Waals surface area contributed by atoms with Gasteiger partial charge in [-0.3, -0.25) is 14.4 Å². The van der Waals surface area contributed by atoms with Gasteiger partial charge in [0, 0.05) is 25.1 Å². The first kappa shape index (κ1) is 35.2. The number of rotatable bonds is 20. The number of hydrogen-bond donors (Lipinski definition) is 2. The molecule has 0 aromatic heterocycles. The van der Waals surface area contributed by atoms with Gasteiger partial charge in [-0.1, -0.05) is 58.1 Å². The highest BCUT2D eigenvalue weighted by Crippen LogP contribution is 2.29. The normalized spacial score (nSPS) is 17.6. The Morgan fingerprint density at radius 1 is 0.814 bits per heavy atom. The largest absolute Gasteiger partial charge is 0.461 e. The number of benzene rings is 1. The summed E-state index contributed by atoms with van der Waals surface area (Å²) in [5.74, 6) is 0.767. The topological polar surface area (TPSA) is 103 Å². The molecule has 0 aliphatic heterocycles. The highest BCUT2D eigenvalue weighted by molar-refractivity contribution is 5.90. The van der Waals surface area contributed by atoms with Crippen molar-refractivity contribution in [1.82, 2.24) is 5.32 Å². The van der Waals surface area contributed by atoms with Crippen LogP contribution in [-0.2, 0) is 35.1 Å². The number of carbonyl (C=O) groups is 3. The van der Waals surface area contributed by atoms with E-state index in [2.05, 4.69) is 24.5 Å². The molecule has 1 amide bonds. The molecular weight excluding hydrogens is 544 g/mol. The minimum atomic E-state index is -0.368. The van der Waals surface area contributed by atoms with E-state index in [1.165, 1.54) is 19.3 Å². The smallest absolute Gasteiger partial charge is 0.323 e. The summed E-state index contributed by atoms with van der Waals surface area (Å²) in [5, 5.41) is 6.50. The Balaban J connectivity index is 1.29. The Bertz CT molecular complexity index is 954. The summed E-state index contributed by atoms with van der Waals surface area (Å²) >= 11 is 0. The molecule has 0 spiro atoms. The van der Waals surface area contributed by atoms with Crippen LogP contribution in [0.2, 0.25) is 0 Å². The van der Waals surface area contributed by atoms with E-state index in [4.69, 9.17) is 14.2 Å². The quantitative estimate of drug-likeness (QED) is 0.0935. The monoisotopic (exact) mass is 600 g/mol. The Labute approximate surface area is 259 Å². The Kier molecular flexibility index (Phi) is 16.3. The van der Waals surface area contributed by atoms with Gasteiger partial charge in [-0.25, -0.2) is 0 Å². The second-order valence-electron chi connectivity index (χ2n) is 12.9. The van der Waals surface area contributed by atoms with Crippen molar-refractivity contribution < 1.29 is 28.6 Å². The van der Waals surface area contributed by atoms with Gasteiger partial charge in [-0.2, -0.15) is 0 Å². The molecule has 0 bridgehead atoms. The molecule has 3 rings (SSSR count). The maximum Gasteiger partial charge on any atom is 0.323 e. The van der Waals surface area contributed by atoms with Crippen LogP contribution >= 0.6 is 0 Å². The number of unbranched alkanes of at least 4 members (excludes halogenated alkanes) is 3. The Morgan fingerprint density at radius 3 is 2.14 bits per heavy atom. The van der Waals surface area contributed by atoms with Gasteiger partial charge in [0.15, 0.2) is 12.1 Å². The lowest BCUT2D eigenvalue weighted by Gasteiger charge is -2.30. The molecule has 8 heteroatoms. The molecule has 43 heavy (non-hydrogen) atoms. The van der Waals surface area contributed by atoms with Crippen LogP contribution in [0.15, 0.2) is 24.3 Å². The zero-order valence-corrected chi connectivity index (χ0v) is 26.9.